The first-order chi connectivity index (χ1) is 14.7. The summed E-state index contributed by atoms with van der Waals surface area (Å²) in [4.78, 5) is 31.6. The van der Waals surface area contributed by atoms with Crippen molar-refractivity contribution in [2.24, 2.45) is 5.92 Å². The van der Waals surface area contributed by atoms with Gasteiger partial charge in [0.15, 0.2) is 0 Å². The highest BCUT2D eigenvalue weighted by Gasteiger charge is 2.32. The van der Waals surface area contributed by atoms with Crippen molar-refractivity contribution in [2.75, 3.05) is 52.4 Å². The number of piperidine rings is 1. The van der Waals surface area contributed by atoms with Crippen molar-refractivity contribution in [1.29, 1.82) is 0 Å². The molecule has 2 atom stereocenters. The standard InChI is InChI=1S/C23H34N4O3/c28-22(20-9-6-12-27(17-20)23(29)26-10-4-5-11-26)24-15-21-18-25(13-14-30-21)16-19-7-2-1-3-8-19/h1-3,7-8,20-21H,4-6,9-18H2,(H,24,28)/t20-,21-/m0/s1. The molecule has 0 spiro atoms. The number of ether oxygens (including phenoxy) is 1. The summed E-state index contributed by atoms with van der Waals surface area (Å²) in [6.07, 6.45) is 3.93. The molecule has 4 rings (SSSR count). The van der Waals surface area contributed by atoms with Gasteiger partial charge in [0, 0.05) is 52.4 Å². The Hall–Kier alpha value is -2.12. The number of hydrogen-bond acceptors (Lipinski definition) is 4. The Balaban J connectivity index is 1.22. The number of morpholine rings is 1. The Morgan fingerprint density at radius 1 is 0.967 bits per heavy atom. The number of likely N-dealkylation sites (tertiary alicyclic amines) is 2. The molecule has 7 nitrogen and oxygen atoms in total. The van der Waals surface area contributed by atoms with Gasteiger partial charge < -0.3 is 19.9 Å². The molecule has 3 saturated heterocycles. The summed E-state index contributed by atoms with van der Waals surface area (Å²) in [6, 6.07) is 10.6. The third kappa shape index (κ3) is 5.52. The number of urea groups is 1. The molecular weight excluding hydrogens is 380 g/mol. The van der Waals surface area contributed by atoms with Crippen molar-refractivity contribution in [3.05, 3.63) is 35.9 Å². The third-order valence-corrected chi connectivity index (χ3v) is 6.42. The molecule has 0 unspecified atom stereocenters. The van der Waals surface area contributed by atoms with E-state index in [0.717, 1.165) is 65.0 Å². The summed E-state index contributed by atoms with van der Waals surface area (Å²) in [5.41, 5.74) is 1.30. The van der Waals surface area contributed by atoms with Crippen LogP contribution in [0.4, 0.5) is 4.79 Å². The summed E-state index contributed by atoms with van der Waals surface area (Å²) in [6.45, 7) is 6.86. The van der Waals surface area contributed by atoms with Gasteiger partial charge in [-0.3, -0.25) is 9.69 Å². The van der Waals surface area contributed by atoms with E-state index in [1.54, 1.807) is 0 Å². The molecule has 3 fully saturated rings. The minimum atomic E-state index is -0.116. The summed E-state index contributed by atoms with van der Waals surface area (Å²) in [5.74, 6) is -0.0629. The number of carbonyl (C=O) groups is 2. The van der Waals surface area contributed by atoms with Gasteiger partial charge in [-0.05, 0) is 31.2 Å². The van der Waals surface area contributed by atoms with Crippen LogP contribution in [0, 0.1) is 5.92 Å². The van der Waals surface area contributed by atoms with Crippen LogP contribution in [0.25, 0.3) is 0 Å². The average Bonchev–Trinajstić information content (AvgIpc) is 3.33. The fourth-order valence-corrected chi connectivity index (χ4v) is 4.72. The molecule has 1 N–H and O–H groups in total. The fraction of sp³-hybridized carbons (Fsp3) is 0.652. The van der Waals surface area contributed by atoms with E-state index in [2.05, 4.69) is 34.5 Å². The maximum Gasteiger partial charge on any atom is 0.320 e. The number of carbonyl (C=O) groups excluding carboxylic acids is 2. The van der Waals surface area contributed by atoms with Crippen molar-refractivity contribution in [3.8, 4) is 0 Å². The lowest BCUT2D eigenvalue weighted by atomic mass is 9.97. The van der Waals surface area contributed by atoms with E-state index in [1.807, 2.05) is 15.9 Å². The van der Waals surface area contributed by atoms with Gasteiger partial charge in [0.25, 0.3) is 0 Å². The highest BCUT2D eigenvalue weighted by atomic mass is 16.5. The molecule has 7 heteroatoms. The lowest BCUT2D eigenvalue weighted by Crippen LogP contribution is -2.51. The van der Waals surface area contributed by atoms with Gasteiger partial charge in [0.2, 0.25) is 5.91 Å². The Morgan fingerprint density at radius 3 is 2.53 bits per heavy atom. The number of benzene rings is 1. The minimum absolute atomic E-state index is 0.0114. The van der Waals surface area contributed by atoms with Crippen molar-refractivity contribution in [2.45, 2.75) is 38.3 Å². The smallest absolute Gasteiger partial charge is 0.320 e. The zero-order chi connectivity index (χ0) is 20.8. The summed E-state index contributed by atoms with van der Waals surface area (Å²) in [7, 11) is 0. The van der Waals surface area contributed by atoms with Gasteiger partial charge in [-0.2, -0.15) is 0 Å². The van der Waals surface area contributed by atoms with Crippen molar-refractivity contribution < 1.29 is 14.3 Å². The number of hydrogen-bond donors (Lipinski definition) is 1. The predicted octanol–water partition coefficient (Wildman–Crippen LogP) is 1.93. The van der Waals surface area contributed by atoms with Gasteiger partial charge >= 0.3 is 6.03 Å². The van der Waals surface area contributed by atoms with E-state index in [1.165, 1.54) is 5.56 Å². The quantitative estimate of drug-likeness (QED) is 0.800. The van der Waals surface area contributed by atoms with E-state index < -0.39 is 0 Å². The van der Waals surface area contributed by atoms with Gasteiger partial charge in [0.05, 0.1) is 18.6 Å². The molecule has 3 aliphatic heterocycles. The maximum absolute atomic E-state index is 12.8. The van der Waals surface area contributed by atoms with E-state index >= 15 is 0 Å². The van der Waals surface area contributed by atoms with Crippen molar-refractivity contribution >= 4 is 11.9 Å². The molecule has 164 valence electrons. The molecule has 1 aromatic carbocycles. The minimum Gasteiger partial charge on any atom is -0.374 e. The second kappa shape index (κ2) is 10.3. The first-order valence-corrected chi connectivity index (χ1v) is 11.4. The van der Waals surface area contributed by atoms with Gasteiger partial charge in [0.1, 0.15) is 0 Å². The maximum atomic E-state index is 12.8. The lowest BCUT2D eigenvalue weighted by molar-refractivity contribution is -0.127. The largest absolute Gasteiger partial charge is 0.374 e. The number of nitrogens with one attached hydrogen (secondary N) is 1. The molecule has 0 radical (unpaired) electrons. The van der Waals surface area contributed by atoms with Crippen LogP contribution in [0.2, 0.25) is 0 Å². The second-order valence-electron chi connectivity index (χ2n) is 8.72. The van der Waals surface area contributed by atoms with E-state index in [-0.39, 0.29) is 24.0 Å². The zero-order valence-electron chi connectivity index (χ0n) is 17.8. The monoisotopic (exact) mass is 414 g/mol. The summed E-state index contributed by atoms with van der Waals surface area (Å²) in [5, 5.41) is 3.09. The van der Waals surface area contributed by atoms with Crippen LogP contribution in [0.1, 0.15) is 31.2 Å². The molecule has 0 saturated carbocycles. The molecule has 30 heavy (non-hydrogen) atoms. The van der Waals surface area contributed by atoms with Crippen LogP contribution in [0.5, 0.6) is 0 Å². The Bertz CT molecular complexity index is 708. The molecule has 0 aromatic heterocycles. The summed E-state index contributed by atoms with van der Waals surface area (Å²) >= 11 is 0. The Labute approximate surface area is 179 Å². The van der Waals surface area contributed by atoms with E-state index in [4.69, 9.17) is 4.74 Å². The number of amides is 3. The third-order valence-electron chi connectivity index (χ3n) is 6.42. The molecule has 3 heterocycles. The first kappa shape index (κ1) is 21.1. The molecule has 3 aliphatic rings. The average molecular weight is 415 g/mol. The van der Waals surface area contributed by atoms with E-state index in [9.17, 15) is 9.59 Å². The zero-order valence-corrected chi connectivity index (χ0v) is 17.8. The lowest BCUT2D eigenvalue weighted by Gasteiger charge is -2.35. The highest BCUT2D eigenvalue weighted by molar-refractivity contribution is 5.81. The molecule has 0 aliphatic carbocycles. The highest BCUT2D eigenvalue weighted by Crippen LogP contribution is 2.20. The number of nitrogens with zero attached hydrogens (tertiary/aromatic N) is 3. The van der Waals surface area contributed by atoms with E-state index in [0.29, 0.717) is 19.7 Å². The Kier molecular flexibility index (Phi) is 7.23. The molecule has 0 bridgehead atoms. The van der Waals surface area contributed by atoms with Crippen molar-refractivity contribution in [1.82, 2.24) is 20.0 Å². The SMILES string of the molecule is O=C(NC[C@H]1CN(Cc2ccccc2)CCO1)[C@H]1CCCN(C(=O)N2CCCC2)C1. The number of rotatable bonds is 5. The van der Waals surface area contributed by atoms with Gasteiger partial charge in [-0.25, -0.2) is 4.79 Å². The van der Waals surface area contributed by atoms with Gasteiger partial charge in [-0.15, -0.1) is 0 Å². The summed E-state index contributed by atoms with van der Waals surface area (Å²) < 4.78 is 5.88. The fourth-order valence-electron chi connectivity index (χ4n) is 4.72. The topological polar surface area (TPSA) is 65.1 Å². The normalized spacial score (nSPS) is 25.3. The Morgan fingerprint density at radius 2 is 1.73 bits per heavy atom. The van der Waals surface area contributed by atoms with Crippen LogP contribution in [0.15, 0.2) is 30.3 Å². The molecular formula is C23H34N4O3. The van der Waals surface area contributed by atoms with Gasteiger partial charge in [-0.1, -0.05) is 30.3 Å². The predicted molar refractivity (Wildman–Crippen MR) is 115 cm³/mol. The van der Waals surface area contributed by atoms with Crippen LogP contribution in [-0.2, 0) is 16.1 Å². The van der Waals surface area contributed by atoms with Crippen molar-refractivity contribution in [3.63, 3.8) is 0 Å². The molecule has 3 amide bonds. The van der Waals surface area contributed by atoms with Crippen LogP contribution >= 0.6 is 0 Å². The van der Waals surface area contributed by atoms with Crippen LogP contribution in [-0.4, -0.2) is 85.2 Å². The first-order valence-electron chi connectivity index (χ1n) is 11.4. The van der Waals surface area contributed by atoms with Crippen LogP contribution in [0.3, 0.4) is 0 Å². The second-order valence-corrected chi connectivity index (χ2v) is 8.72. The van der Waals surface area contributed by atoms with Crippen LogP contribution < -0.4 is 5.32 Å². The molecule has 1 aromatic rings.